The van der Waals surface area contributed by atoms with E-state index in [4.69, 9.17) is 20.4 Å². The molecular formula is C4H4O12Pb. The standard InChI is InChI=1S/4CH2O3.Pb/c4*2-1(3)4;/h4*(H2,2,3,4);/q;;;;+4/p-4. The summed E-state index contributed by atoms with van der Waals surface area (Å²) in [6, 6.07) is 0. The molecule has 12 nitrogen and oxygen atoms in total. The van der Waals surface area contributed by atoms with Gasteiger partial charge in [-0.2, -0.15) is 0 Å². The molecule has 96 valence electrons. The van der Waals surface area contributed by atoms with E-state index in [0.717, 1.165) is 0 Å². The van der Waals surface area contributed by atoms with Crippen LogP contribution in [0.3, 0.4) is 0 Å². The Kier molecular flexibility index (Phi) is 5.22. The number of rotatable bonds is 4. The van der Waals surface area contributed by atoms with E-state index in [-0.39, 0.29) is 0 Å². The van der Waals surface area contributed by atoms with Gasteiger partial charge in [0.25, 0.3) is 0 Å². The van der Waals surface area contributed by atoms with Crippen LogP contribution in [-0.2, 0) is 10.7 Å². The van der Waals surface area contributed by atoms with Gasteiger partial charge in [-0.15, -0.1) is 0 Å². The molecule has 0 spiro atoms. The fourth-order valence-electron chi connectivity index (χ4n) is 0.553. The van der Waals surface area contributed by atoms with Gasteiger partial charge in [-0.1, -0.05) is 0 Å². The summed E-state index contributed by atoms with van der Waals surface area (Å²) in [5.41, 5.74) is 0. The Morgan fingerprint density at radius 3 is 0.882 bits per heavy atom. The van der Waals surface area contributed by atoms with Crippen molar-refractivity contribution < 1.29 is 50.4 Å². The SMILES string of the molecule is O=C(O)[O][Pb]([O]C(=O)O)([O]C(=O)O)[O]C(=O)O. The molecule has 0 heterocycles. The van der Waals surface area contributed by atoms with Crippen LogP contribution in [0, 0.1) is 0 Å². The second-order valence-electron chi connectivity index (χ2n) is 1.97. The molecule has 0 radical (unpaired) electrons. The molecule has 0 saturated heterocycles. The summed E-state index contributed by atoms with van der Waals surface area (Å²) in [6.07, 6.45) is -8.85. The summed E-state index contributed by atoms with van der Waals surface area (Å²) in [7, 11) is 0. The van der Waals surface area contributed by atoms with E-state index >= 15 is 0 Å². The Balaban J connectivity index is 5.16. The average molecular weight is 451 g/mol. The van der Waals surface area contributed by atoms with Crippen LogP contribution in [0.25, 0.3) is 0 Å². The number of hydrogen-bond acceptors (Lipinski definition) is 8. The topological polar surface area (TPSA) is 186 Å². The predicted molar refractivity (Wildman–Crippen MR) is 42.2 cm³/mol. The maximum absolute atomic E-state index is 10.2. The summed E-state index contributed by atoms with van der Waals surface area (Å²) >= 11 is -6.43. The van der Waals surface area contributed by atoms with Gasteiger partial charge >= 0.3 is 98.0 Å². The first-order chi connectivity index (χ1) is 7.67. The average Bonchev–Trinajstić information content (AvgIpc) is 1.95. The third-order valence-electron chi connectivity index (χ3n) is 0.849. The number of carbonyl (C=O) groups is 4. The molecule has 0 unspecified atom stereocenters. The molecule has 4 N–H and O–H groups in total. The number of hydrogen-bond donors (Lipinski definition) is 4. The molecule has 0 fully saturated rings. The van der Waals surface area contributed by atoms with Crippen molar-refractivity contribution in [3.8, 4) is 0 Å². The molecular weight excluding hydrogens is 447 g/mol. The molecule has 0 aromatic heterocycles. The van der Waals surface area contributed by atoms with Gasteiger partial charge in [0.1, 0.15) is 0 Å². The van der Waals surface area contributed by atoms with Gasteiger partial charge in [-0.05, 0) is 0 Å². The van der Waals surface area contributed by atoms with Crippen LogP contribution in [0.15, 0.2) is 0 Å². The first-order valence-electron chi connectivity index (χ1n) is 3.34. The Labute approximate surface area is 98.1 Å². The summed E-state index contributed by atoms with van der Waals surface area (Å²) in [5.74, 6) is 0. The number of carboxylic acid groups (broad SMARTS) is 4. The first-order valence-corrected chi connectivity index (χ1v) is 9.69. The summed E-state index contributed by atoms with van der Waals surface area (Å²) in [6.45, 7) is 0. The summed E-state index contributed by atoms with van der Waals surface area (Å²) in [5, 5.41) is 32.8. The Morgan fingerprint density at radius 2 is 0.765 bits per heavy atom. The van der Waals surface area contributed by atoms with Crippen LogP contribution in [0.5, 0.6) is 0 Å². The van der Waals surface area contributed by atoms with E-state index in [1.165, 1.54) is 0 Å². The van der Waals surface area contributed by atoms with Crippen molar-refractivity contribution in [3.05, 3.63) is 0 Å². The van der Waals surface area contributed by atoms with E-state index in [9.17, 15) is 19.2 Å². The summed E-state index contributed by atoms with van der Waals surface area (Å²) < 4.78 is 14.8. The second kappa shape index (κ2) is 5.92. The van der Waals surface area contributed by atoms with Crippen LogP contribution in [0.4, 0.5) is 19.2 Å². The minimum absolute atomic E-state index is 2.21. The van der Waals surface area contributed by atoms with Crippen molar-refractivity contribution in [2.75, 3.05) is 0 Å². The third-order valence-corrected chi connectivity index (χ3v) is 7.45. The molecule has 0 bridgehead atoms. The predicted octanol–water partition coefficient (Wildman–Crippen LogP) is 0.200. The van der Waals surface area contributed by atoms with Crippen molar-refractivity contribution in [2.24, 2.45) is 0 Å². The van der Waals surface area contributed by atoms with E-state index in [1.807, 2.05) is 0 Å². The molecule has 0 aliphatic rings. The van der Waals surface area contributed by atoms with Crippen molar-refractivity contribution in [3.63, 3.8) is 0 Å². The Hall–Kier alpha value is -2.00. The molecule has 13 heteroatoms. The van der Waals surface area contributed by atoms with Crippen LogP contribution >= 0.6 is 0 Å². The first kappa shape index (κ1) is 15.0. The van der Waals surface area contributed by atoms with Crippen LogP contribution in [0.1, 0.15) is 0 Å². The van der Waals surface area contributed by atoms with Crippen molar-refractivity contribution in [1.29, 1.82) is 0 Å². The second-order valence-corrected chi connectivity index (χ2v) is 9.03. The van der Waals surface area contributed by atoms with Gasteiger partial charge in [0.05, 0.1) is 0 Å². The molecule has 0 aromatic carbocycles. The van der Waals surface area contributed by atoms with Crippen molar-refractivity contribution >= 4 is 47.6 Å². The summed E-state index contributed by atoms with van der Waals surface area (Å²) in [4.78, 5) is 40.7. The van der Waals surface area contributed by atoms with Gasteiger partial charge in [-0.25, -0.2) is 0 Å². The molecule has 0 rings (SSSR count). The zero-order chi connectivity index (χ0) is 13.6. The molecule has 0 saturated carbocycles. The molecule has 0 amide bonds. The zero-order valence-electron chi connectivity index (χ0n) is 7.55. The molecule has 0 aliphatic carbocycles. The molecule has 0 aromatic rings. The van der Waals surface area contributed by atoms with Gasteiger partial charge in [-0.3, -0.25) is 0 Å². The van der Waals surface area contributed by atoms with E-state index in [0.29, 0.717) is 0 Å². The van der Waals surface area contributed by atoms with Crippen LogP contribution in [-0.4, -0.2) is 68.0 Å². The van der Waals surface area contributed by atoms with Crippen molar-refractivity contribution in [1.82, 2.24) is 0 Å². The van der Waals surface area contributed by atoms with Crippen LogP contribution < -0.4 is 0 Å². The van der Waals surface area contributed by atoms with Crippen molar-refractivity contribution in [2.45, 2.75) is 0 Å². The normalized spacial score (nSPS) is 9.88. The van der Waals surface area contributed by atoms with Crippen LogP contribution in [0.2, 0.25) is 0 Å². The maximum atomic E-state index is 10.2. The minimum atomic E-state index is -6.43. The fourth-order valence-corrected chi connectivity index (χ4v) is 4.85. The van der Waals surface area contributed by atoms with Gasteiger partial charge in [0.15, 0.2) is 0 Å². The quantitative estimate of drug-likeness (QED) is 0.426. The Bertz CT molecular complexity index is 277. The van der Waals surface area contributed by atoms with Gasteiger partial charge in [0, 0.05) is 0 Å². The van der Waals surface area contributed by atoms with E-state index in [1.54, 1.807) is 0 Å². The fraction of sp³-hybridized carbons (Fsp3) is 0. The molecule has 0 atom stereocenters. The monoisotopic (exact) mass is 452 g/mol. The van der Waals surface area contributed by atoms with Gasteiger partial charge in [0.2, 0.25) is 0 Å². The Morgan fingerprint density at radius 1 is 0.588 bits per heavy atom. The van der Waals surface area contributed by atoms with Gasteiger partial charge < -0.3 is 0 Å². The van der Waals surface area contributed by atoms with E-state index < -0.39 is 47.6 Å². The molecule has 0 aliphatic heterocycles. The third kappa shape index (κ3) is 6.22. The molecule has 17 heavy (non-hydrogen) atoms. The zero-order valence-corrected chi connectivity index (χ0v) is 11.4. The van der Waals surface area contributed by atoms with E-state index in [2.05, 4.69) is 10.7 Å².